The van der Waals surface area contributed by atoms with Gasteiger partial charge < -0.3 is 19.7 Å². The maximum atomic E-state index is 11.3. The monoisotopic (exact) mass is 500 g/mol. The Bertz CT molecular complexity index is 828. The van der Waals surface area contributed by atoms with Gasteiger partial charge in [0.2, 0.25) is 0 Å². The largest absolute Gasteiger partial charge is 0.462 e. The first-order chi connectivity index (χ1) is 17.3. The lowest BCUT2D eigenvalue weighted by Gasteiger charge is -2.44. The molecule has 0 saturated heterocycles. The molecule has 0 unspecified atom stereocenters. The van der Waals surface area contributed by atoms with Crippen molar-refractivity contribution in [2.24, 2.45) is 11.8 Å². The highest BCUT2D eigenvalue weighted by molar-refractivity contribution is 5.82. The van der Waals surface area contributed by atoms with E-state index < -0.39 is 11.2 Å². The predicted octanol–water partition coefficient (Wildman–Crippen LogP) is 5.47. The molecule has 36 heavy (non-hydrogen) atoms. The second kappa shape index (κ2) is 13.4. The average Bonchev–Trinajstić information content (AvgIpc) is 2.86. The van der Waals surface area contributed by atoms with Crippen molar-refractivity contribution in [2.75, 3.05) is 13.2 Å². The van der Waals surface area contributed by atoms with Crippen LogP contribution in [-0.2, 0) is 19.1 Å². The van der Waals surface area contributed by atoms with E-state index in [1.54, 1.807) is 13.8 Å². The average molecular weight is 501 g/mol. The number of carbonyl (C=O) groups is 2. The minimum atomic E-state index is -0.709. The minimum Gasteiger partial charge on any atom is -0.462 e. The van der Waals surface area contributed by atoms with Crippen molar-refractivity contribution in [2.45, 2.75) is 115 Å². The molecule has 0 spiro atoms. The Balaban J connectivity index is 0.000000201. The molecule has 4 fully saturated rings. The van der Waals surface area contributed by atoms with Crippen LogP contribution in [0.1, 0.15) is 104 Å². The molecule has 4 aliphatic rings. The third-order valence-electron chi connectivity index (χ3n) is 8.38. The maximum Gasteiger partial charge on any atom is 0.338 e. The second-order valence-corrected chi connectivity index (χ2v) is 10.6. The molecular weight excluding hydrogens is 456 g/mol. The molecule has 2 N–H and O–H groups in total. The predicted molar refractivity (Wildman–Crippen MR) is 138 cm³/mol. The molecule has 0 aromatic heterocycles. The van der Waals surface area contributed by atoms with E-state index >= 15 is 0 Å². The van der Waals surface area contributed by atoms with Gasteiger partial charge in [-0.3, -0.25) is 0 Å². The molecule has 0 aromatic rings. The Morgan fingerprint density at radius 3 is 1.53 bits per heavy atom. The van der Waals surface area contributed by atoms with Crippen molar-refractivity contribution in [3.8, 4) is 0 Å². The van der Waals surface area contributed by atoms with Crippen LogP contribution in [0.4, 0.5) is 0 Å². The highest BCUT2D eigenvalue weighted by Gasteiger charge is 2.44. The third-order valence-corrected chi connectivity index (χ3v) is 8.38. The highest BCUT2D eigenvalue weighted by atomic mass is 16.5. The van der Waals surface area contributed by atoms with E-state index in [2.05, 4.69) is 11.5 Å². The van der Waals surface area contributed by atoms with Gasteiger partial charge in [-0.15, -0.1) is 11.5 Å². The SMILES string of the molecule is CCOC(=O)C=C=C1CCC[C@@H]2CCCC[C@]12O.CCOC(=O)C=C=C1CCC[C@@H]2CCCC[C@]12O. The van der Waals surface area contributed by atoms with Crippen LogP contribution in [-0.4, -0.2) is 46.6 Å². The van der Waals surface area contributed by atoms with E-state index in [0.29, 0.717) is 25.0 Å². The molecule has 0 heterocycles. The molecule has 4 aliphatic carbocycles. The molecule has 0 aliphatic heterocycles. The quantitative estimate of drug-likeness (QED) is 0.302. The standard InChI is InChI=1S/2C15H22O3/c2*1-2-18-14(16)10-9-13-8-5-7-12-6-3-4-11-15(12,13)17/h2*10,12,17H,2-8,11H2,1H3/t2*9?,12-,15+/m00/s1. The van der Waals surface area contributed by atoms with Crippen molar-refractivity contribution >= 4 is 11.9 Å². The summed E-state index contributed by atoms with van der Waals surface area (Å²) in [7, 11) is 0. The molecule has 6 nitrogen and oxygen atoms in total. The van der Waals surface area contributed by atoms with Crippen LogP contribution in [0, 0.1) is 11.8 Å². The molecule has 0 aromatic carbocycles. The lowest BCUT2D eigenvalue weighted by molar-refractivity contribution is -0.138. The second-order valence-electron chi connectivity index (χ2n) is 10.6. The number of hydrogen-bond acceptors (Lipinski definition) is 6. The fourth-order valence-corrected chi connectivity index (χ4v) is 6.55. The van der Waals surface area contributed by atoms with Crippen molar-refractivity contribution < 1.29 is 29.3 Å². The van der Waals surface area contributed by atoms with Crippen molar-refractivity contribution in [3.63, 3.8) is 0 Å². The van der Waals surface area contributed by atoms with Crippen LogP contribution in [0.3, 0.4) is 0 Å². The third kappa shape index (κ3) is 7.01. The van der Waals surface area contributed by atoms with Gasteiger partial charge in [0.05, 0.1) is 36.6 Å². The van der Waals surface area contributed by atoms with E-state index in [1.165, 1.54) is 25.0 Å². The first-order valence-corrected chi connectivity index (χ1v) is 14.0. The van der Waals surface area contributed by atoms with Crippen LogP contribution in [0.5, 0.6) is 0 Å². The summed E-state index contributed by atoms with van der Waals surface area (Å²) in [6, 6.07) is 0. The van der Waals surface area contributed by atoms with Crippen LogP contribution in [0.2, 0.25) is 0 Å². The van der Waals surface area contributed by atoms with E-state index in [4.69, 9.17) is 9.47 Å². The molecule has 200 valence electrons. The lowest BCUT2D eigenvalue weighted by Crippen LogP contribution is -2.44. The number of hydrogen-bond donors (Lipinski definition) is 2. The van der Waals surface area contributed by atoms with Gasteiger partial charge >= 0.3 is 11.9 Å². The molecule has 4 saturated carbocycles. The first-order valence-electron chi connectivity index (χ1n) is 14.0. The maximum absolute atomic E-state index is 11.3. The summed E-state index contributed by atoms with van der Waals surface area (Å²) in [5.41, 5.74) is 6.43. The Hall–Kier alpha value is -2.10. The zero-order chi connectivity index (χ0) is 26.0. The van der Waals surface area contributed by atoms with Gasteiger partial charge in [0.15, 0.2) is 0 Å². The normalized spacial score (nSPS) is 31.2. The number of rotatable bonds is 4. The summed E-state index contributed by atoms with van der Waals surface area (Å²) in [5.74, 6) is -0.0192. The summed E-state index contributed by atoms with van der Waals surface area (Å²) in [4.78, 5) is 22.6. The van der Waals surface area contributed by atoms with Crippen LogP contribution < -0.4 is 0 Å². The van der Waals surface area contributed by atoms with E-state index in [9.17, 15) is 19.8 Å². The van der Waals surface area contributed by atoms with E-state index in [-0.39, 0.29) is 11.9 Å². The summed E-state index contributed by atoms with van der Waals surface area (Å²) in [6.45, 7) is 4.31. The summed E-state index contributed by atoms with van der Waals surface area (Å²) < 4.78 is 9.70. The van der Waals surface area contributed by atoms with Gasteiger partial charge in [-0.1, -0.05) is 25.7 Å². The van der Waals surface area contributed by atoms with E-state index in [0.717, 1.165) is 88.2 Å². The lowest BCUT2D eigenvalue weighted by atomic mass is 9.65. The Kier molecular flexibility index (Phi) is 10.6. The molecule has 4 atom stereocenters. The zero-order valence-electron chi connectivity index (χ0n) is 22.2. The molecule has 0 bridgehead atoms. The molecular formula is C30H44O6. The molecule has 4 rings (SSSR count). The molecule has 0 amide bonds. The van der Waals surface area contributed by atoms with Gasteiger partial charge in [0.1, 0.15) is 0 Å². The summed E-state index contributed by atoms with van der Waals surface area (Å²) in [6.07, 6.45) is 17.1. The van der Waals surface area contributed by atoms with Crippen LogP contribution in [0.25, 0.3) is 0 Å². The highest BCUT2D eigenvalue weighted by Crippen LogP contribution is 2.47. The van der Waals surface area contributed by atoms with Crippen LogP contribution >= 0.6 is 0 Å². The van der Waals surface area contributed by atoms with Crippen molar-refractivity contribution in [3.05, 3.63) is 34.8 Å². The number of esters is 2. The Morgan fingerprint density at radius 1 is 0.750 bits per heavy atom. The summed E-state index contributed by atoms with van der Waals surface area (Å²) >= 11 is 0. The Labute approximate surface area is 216 Å². The van der Waals surface area contributed by atoms with Gasteiger partial charge in [-0.2, -0.15) is 0 Å². The zero-order valence-corrected chi connectivity index (χ0v) is 22.2. The molecule has 0 radical (unpaired) electrons. The summed E-state index contributed by atoms with van der Waals surface area (Å²) in [5, 5.41) is 21.6. The van der Waals surface area contributed by atoms with E-state index in [1.807, 2.05) is 0 Å². The number of ether oxygens (including phenoxy) is 2. The fourth-order valence-electron chi connectivity index (χ4n) is 6.55. The smallest absolute Gasteiger partial charge is 0.338 e. The number of carbonyl (C=O) groups excluding carboxylic acids is 2. The number of fused-ring (bicyclic) bond motifs is 2. The minimum absolute atomic E-state index is 0.359. The number of aliphatic hydroxyl groups is 2. The van der Waals surface area contributed by atoms with Gasteiger partial charge in [0, 0.05) is 11.1 Å². The fraction of sp³-hybridized carbons (Fsp3) is 0.733. The van der Waals surface area contributed by atoms with Crippen molar-refractivity contribution in [1.82, 2.24) is 0 Å². The molecule has 6 heteroatoms. The Morgan fingerprint density at radius 2 is 1.14 bits per heavy atom. The first kappa shape index (κ1) is 28.5. The van der Waals surface area contributed by atoms with Gasteiger partial charge in [-0.25, -0.2) is 9.59 Å². The van der Waals surface area contributed by atoms with Crippen LogP contribution in [0.15, 0.2) is 34.8 Å². The van der Waals surface area contributed by atoms with Gasteiger partial charge in [0.25, 0.3) is 0 Å². The van der Waals surface area contributed by atoms with Crippen molar-refractivity contribution in [1.29, 1.82) is 0 Å². The topological polar surface area (TPSA) is 93.1 Å². The van der Waals surface area contributed by atoms with Gasteiger partial charge in [-0.05, 0) is 89.9 Å².